The fourth-order valence-corrected chi connectivity index (χ4v) is 4.35. The van der Waals surface area contributed by atoms with E-state index in [0.29, 0.717) is 54.3 Å². The summed E-state index contributed by atoms with van der Waals surface area (Å²) in [6.07, 6.45) is 3.98. The Kier molecular flexibility index (Phi) is 6.53. The summed E-state index contributed by atoms with van der Waals surface area (Å²) < 4.78 is 34.8. The molecule has 8 nitrogen and oxygen atoms in total. The fraction of sp³-hybridized carbons (Fsp3) is 0.385. The molecule has 4 heterocycles. The summed E-state index contributed by atoms with van der Waals surface area (Å²) >= 11 is 0. The van der Waals surface area contributed by atoms with E-state index in [1.807, 2.05) is 33.2 Å². The molecule has 1 aliphatic rings. The van der Waals surface area contributed by atoms with Crippen molar-refractivity contribution in [1.82, 2.24) is 24.7 Å². The third kappa shape index (κ3) is 4.86. The standard InChI is InChI=1S/C26H28F2N6O2/c1-15(2)24(35)20-5-6-21-25(31-20)32-26(23(30-21)16-13-29-33(3)14-16)34-10-8-18(9-11-34)36-22-7-4-17(27)12-19(22)28/h4-7,12-15,18,24,35H,8-11H2,1-3H3. The van der Waals surface area contributed by atoms with Crippen molar-refractivity contribution in [3.8, 4) is 17.0 Å². The number of hydrogen-bond donors (Lipinski definition) is 1. The molecule has 1 atom stereocenters. The van der Waals surface area contributed by atoms with Gasteiger partial charge in [0.2, 0.25) is 0 Å². The molecule has 1 aromatic carbocycles. The van der Waals surface area contributed by atoms with E-state index in [-0.39, 0.29) is 17.8 Å². The molecule has 5 rings (SSSR count). The maximum atomic E-state index is 14.1. The van der Waals surface area contributed by atoms with Gasteiger partial charge in [-0.2, -0.15) is 5.10 Å². The number of aliphatic hydroxyl groups is 1. The molecule has 36 heavy (non-hydrogen) atoms. The molecule has 3 aromatic heterocycles. The number of nitrogens with zero attached hydrogens (tertiary/aromatic N) is 6. The molecule has 0 aliphatic carbocycles. The van der Waals surface area contributed by atoms with Gasteiger partial charge in [0.05, 0.1) is 18.0 Å². The van der Waals surface area contributed by atoms with Crippen LogP contribution in [0.25, 0.3) is 22.4 Å². The minimum absolute atomic E-state index is 0.0158. The lowest BCUT2D eigenvalue weighted by Crippen LogP contribution is -2.39. The zero-order chi connectivity index (χ0) is 25.4. The van der Waals surface area contributed by atoms with Crippen LogP contribution in [-0.2, 0) is 7.05 Å². The maximum absolute atomic E-state index is 14.1. The first-order chi connectivity index (χ1) is 17.3. The first-order valence-electron chi connectivity index (χ1n) is 12.0. The minimum atomic E-state index is -0.706. The fourth-order valence-electron chi connectivity index (χ4n) is 4.35. The average molecular weight is 495 g/mol. The molecular weight excluding hydrogens is 466 g/mol. The third-order valence-electron chi connectivity index (χ3n) is 6.37. The van der Waals surface area contributed by atoms with E-state index in [2.05, 4.69) is 15.0 Å². The molecule has 0 spiro atoms. The molecule has 0 radical (unpaired) electrons. The number of halogens is 2. The smallest absolute Gasteiger partial charge is 0.180 e. The van der Waals surface area contributed by atoms with Crippen molar-refractivity contribution in [2.45, 2.75) is 38.9 Å². The Hall–Kier alpha value is -3.66. The van der Waals surface area contributed by atoms with Crippen LogP contribution in [-0.4, -0.2) is 49.0 Å². The van der Waals surface area contributed by atoms with Crippen molar-refractivity contribution < 1.29 is 18.6 Å². The number of aryl methyl sites for hydroxylation is 1. The highest BCUT2D eigenvalue weighted by atomic mass is 19.1. The molecule has 1 aliphatic heterocycles. The molecule has 1 unspecified atom stereocenters. The van der Waals surface area contributed by atoms with Crippen LogP contribution in [0.4, 0.5) is 14.6 Å². The summed E-state index contributed by atoms with van der Waals surface area (Å²) in [4.78, 5) is 16.5. The van der Waals surface area contributed by atoms with Crippen LogP contribution < -0.4 is 9.64 Å². The van der Waals surface area contributed by atoms with Crippen LogP contribution in [0.5, 0.6) is 5.75 Å². The van der Waals surface area contributed by atoms with Gasteiger partial charge in [-0.15, -0.1) is 0 Å². The summed E-state index contributed by atoms with van der Waals surface area (Å²) in [5.41, 5.74) is 3.17. The van der Waals surface area contributed by atoms with Gasteiger partial charge in [0.25, 0.3) is 0 Å². The van der Waals surface area contributed by atoms with E-state index in [1.54, 1.807) is 16.9 Å². The molecule has 1 saturated heterocycles. The van der Waals surface area contributed by atoms with Crippen LogP contribution in [0.1, 0.15) is 38.5 Å². The van der Waals surface area contributed by atoms with E-state index in [9.17, 15) is 13.9 Å². The predicted octanol–water partition coefficient (Wildman–Crippen LogP) is 4.44. The normalized spacial score (nSPS) is 15.6. The van der Waals surface area contributed by atoms with Gasteiger partial charge in [-0.05, 0) is 30.2 Å². The highest BCUT2D eigenvalue weighted by molar-refractivity contribution is 5.81. The Balaban J connectivity index is 1.44. The van der Waals surface area contributed by atoms with Gasteiger partial charge in [0.1, 0.15) is 23.1 Å². The summed E-state index contributed by atoms with van der Waals surface area (Å²) in [6, 6.07) is 6.95. The number of anilines is 1. The lowest BCUT2D eigenvalue weighted by atomic mass is 10.0. The quantitative estimate of drug-likeness (QED) is 0.424. The van der Waals surface area contributed by atoms with Gasteiger partial charge in [0, 0.05) is 50.8 Å². The van der Waals surface area contributed by atoms with Crippen molar-refractivity contribution in [2.75, 3.05) is 18.0 Å². The molecule has 0 bridgehead atoms. The van der Waals surface area contributed by atoms with Gasteiger partial charge < -0.3 is 14.7 Å². The third-order valence-corrected chi connectivity index (χ3v) is 6.37. The predicted molar refractivity (Wildman–Crippen MR) is 132 cm³/mol. The van der Waals surface area contributed by atoms with Crippen LogP contribution >= 0.6 is 0 Å². The van der Waals surface area contributed by atoms with Gasteiger partial charge in [-0.25, -0.2) is 23.7 Å². The van der Waals surface area contributed by atoms with Gasteiger partial charge >= 0.3 is 0 Å². The maximum Gasteiger partial charge on any atom is 0.180 e. The van der Waals surface area contributed by atoms with Gasteiger partial charge in [-0.3, -0.25) is 4.68 Å². The average Bonchev–Trinajstić information content (AvgIpc) is 3.30. The zero-order valence-electron chi connectivity index (χ0n) is 20.4. The number of benzene rings is 1. The number of piperidine rings is 1. The lowest BCUT2D eigenvalue weighted by Gasteiger charge is -2.33. The molecule has 10 heteroatoms. The zero-order valence-corrected chi connectivity index (χ0v) is 20.4. The van der Waals surface area contributed by atoms with E-state index >= 15 is 0 Å². The molecule has 1 fully saturated rings. The number of aromatic nitrogens is 5. The van der Waals surface area contributed by atoms with Crippen molar-refractivity contribution in [3.63, 3.8) is 0 Å². The summed E-state index contributed by atoms with van der Waals surface area (Å²) in [6.45, 7) is 5.08. The van der Waals surface area contributed by atoms with E-state index < -0.39 is 17.7 Å². The molecule has 0 saturated carbocycles. The highest BCUT2D eigenvalue weighted by Gasteiger charge is 2.26. The molecule has 188 valence electrons. The van der Waals surface area contributed by atoms with Gasteiger partial charge in [-0.1, -0.05) is 13.8 Å². The van der Waals surface area contributed by atoms with Crippen LogP contribution in [0.2, 0.25) is 0 Å². The molecule has 4 aromatic rings. The van der Waals surface area contributed by atoms with Crippen LogP contribution in [0.3, 0.4) is 0 Å². The van der Waals surface area contributed by atoms with Crippen molar-refractivity contribution >= 4 is 17.0 Å². The molecular formula is C26H28F2N6O2. The first-order valence-corrected chi connectivity index (χ1v) is 12.0. The summed E-state index contributed by atoms with van der Waals surface area (Å²) in [5.74, 6) is -0.600. The number of rotatable bonds is 6. The van der Waals surface area contributed by atoms with Crippen molar-refractivity contribution in [1.29, 1.82) is 0 Å². The number of ether oxygens (including phenoxy) is 1. The number of hydrogen-bond acceptors (Lipinski definition) is 7. The van der Waals surface area contributed by atoms with Crippen LogP contribution in [0.15, 0.2) is 42.7 Å². The van der Waals surface area contributed by atoms with Crippen molar-refractivity contribution in [3.05, 3.63) is 60.1 Å². The number of aliphatic hydroxyl groups excluding tert-OH is 1. The Morgan fingerprint density at radius 1 is 1.06 bits per heavy atom. The summed E-state index contributed by atoms with van der Waals surface area (Å²) in [7, 11) is 1.84. The van der Waals surface area contributed by atoms with Crippen LogP contribution in [0, 0.1) is 17.6 Å². The van der Waals surface area contributed by atoms with E-state index in [1.165, 1.54) is 12.1 Å². The monoisotopic (exact) mass is 494 g/mol. The minimum Gasteiger partial charge on any atom is -0.487 e. The summed E-state index contributed by atoms with van der Waals surface area (Å²) in [5, 5.41) is 14.8. The SMILES string of the molecule is CC(C)C(O)c1ccc2nc(-c3cnn(C)c3)c(N3CCC(Oc4ccc(F)cc4F)CC3)nc2n1. The molecule has 0 amide bonds. The highest BCUT2D eigenvalue weighted by Crippen LogP contribution is 2.32. The van der Waals surface area contributed by atoms with Gasteiger partial charge in [0.15, 0.2) is 23.0 Å². The number of pyridine rings is 1. The first kappa shape index (κ1) is 24.1. The Bertz CT molecular complexity index is 1380. The van der Waals surface area contributed by atoms with E-state index in [4.69, 9.17) is 14.7 Å². The van der Waals surface area contributed by atoms with Crippen molar-refractivity contribution in [2.24, 2.45) is 13.0 Å². The topological polar surface area (TPSA) is 89.2 Å². The second-order valence-electron chi connectivity index (χ2n) is 9.45. The number of fused-ring (bicyclic) bond motifs is 1. The second kappa shape index (κ2) is 9.77. The Morgan fingerprint density at radius 3 is 2.50 bits per heavy atom. The largest absolute Gasteiger partial charge is 0.487 e. The Morgan fingerprint density at radius 2 is 1.83 bits per heavy atom. The van der Waals surface area contributed by atoms with E-state index in [0.717, 1.165) is 11.6 Å². The lowest BCUT2D eigenvalue weighted by molar-refractivity contribution is 0.123. The second-order valence-corrected chi connectivity index (χ2v) is 9.45. The Labute approximate surface area is 207 Å². The molecule has 1 N–H and O–H groups in total.